The Bertz CT molecular complexity index is 1000. The second kappa shape index (κ2) is 8.42. The molecule has 1 fully saturated rings. The topological polar surface area (TPSA) is 54.3 Å². The van der Waals surface area contributed by atoms with Crippen molar-refractivity contribution in [2.24, 2.45) is 5.92 Å². The molecule has 2 N–H and O–H groups in total. The van der Waals surface area contributed by atoms with Gasteiger partial charge in [0.1, 0.15) is 5.69 Å². The Hall–Kier alpha value is -2.59. The average Bonchev–Trinajstić information content (AvgIpc) is 3.03. The number of benzene rings is 2. The SMILES string of the molecule is Cc1ccc(Cn2c(C(=O)O)c(CNC3CCCCC3C)c3ccccc32)cc1. The first-order valence-electron chi connectivity index (χ1n) is 10.7. The summed E-state index contributed by atoms with van der Waals surface area (Å²) < 4.78 is 1.96. The Kier molecular flexibility index (Phi) is 5.72. The third-order valence-electron chi connectivity index (χ3n) is 6.39. The molecular weight excluding hydrogens is 360 g/mol. The summed E-state index contributed by atoms with van der Waals surface area (Å²) in [5, 5.41) is 14.8. The van der Waals surface area contributed by atoms with Crippen LogP contribution in [0.5, 0.6) is 0 Å². The van der Waals surface area contributed by atoms with Gasteiger partial charge >= 0.3 is 5.97 Å². The summed E-state index contributed by atoms with van der Waals surface area (Å²) in [5.41, 5.74) is 4.61. The number of aromatic nitrogens is 1. The van der Waals surface area contributed by atoms with Gasteiger partial charge in [-0.15, -0.1) is 0 Å². The van der Waals surface area contributed by atoms with Crippen LogP contribution >= 0.6 is 0 Å². The van der Waals surface area contributed by atoms with Gasteiger partial charge in [0.2, 0.25) is 0 Å². The largest absolute Gasteiger partial charge is 0.477 e. The van der Waals surface area contributed by atoms with E-state index >= 15 is 0 Å². The number of para-hydroxylation sites is 1. The van der Waals surface area contributed by atoms with Crippen LogP contribution in [0.15, 0.2) is 48.5 Å². The first kappa shape index (κ1) is 19.7. The Morgan fingerprint density at radius 2 is 1.83 bits per heavy atom. The van der Waals surface area contributed by atoms with E-state index in [0.717, 1.165) is 22.0 Å². The fourth-order valence-electron chi connectivity index (χ4n) is 4.69. The second-order valence-corrected chi connectivity index (χ2v) is 8.47. The molecule has 4 heteroatoms. The van der Waals surface area contributed by atoms with E-state index in [9.17, 15) is 9.90 Å². The first-order valence-corrected chi connectivity index (χ1v) is 10.7. The summed E-state index contributed by atoms with van der Waals surface area (Å²) in [7, 11) is 0. The molecule has 1 saturated carbocycles. The quantitative estimate of drug-likeness (QED) is 0.595. The third-order valence-corrected chi connectivity index (χ3v) is 6.39. The molecule has 152 valence electrons. The highest BCUT2D eigenvalue weighted by Crippen LogP contribution is 2.29. The van der Waals surface area contributed by atoms with Crippen LogP contribution in [0.4, 0.5) is 0 Å². The number of aromatic carboxylic acids is 1. The molecule has 2 unspecified atom stereocenters. The number of carbonyl (C=O) groups is 1. The van der Waals surface area contributed by atoms with Crippen LogP contribution in [0.25, 0.3) is 10.9 Å². The monoisotopic (exact) mass is 390 g/mol. The summed E-state index contributed by atoms with van der Waals surface area (Å²) in [6.45, 7) is 5.52. The molecule has 1 heterocycles. The van der Waals surface area contributed by atoms with Crippen LogP contribution in [0.2, 0.25) is 0 Å². The average molecular weight is 391 g/mol. The fourth-order valence-corrected chi connectivity index (χ4v) is 4.69. The molecule has 29 heavy (non-hydrogen) atoms. The smallest absolute Gasteiger partial charge is 0.352 e. The minimum Gasteiger partial charge on any atom is -0.477 e. The number of carboxylic acids is 1. The summed E-state index contributed by atoms with van der Waals surface area (Å²) in [5.74, 6) is -0.222. The number of hydrogen-bond donors (Lipinski definition) is 2. The number of rotatable bonds is 6. The maximum Gasteiger partial charge on any atom is 0.352 e. The first-order chi connectivity index (χ1) is 14.0. The van der Waals surface area contributed by atoms with Gasteiger partial charge in [0.15, 0.2) is 0 Å². The molecule has 0 bridgehead atoms. The molecule has 1 aliphatic carbocycles. The van der Waals surface area contributed by atoms with E-state index in [4.69, 9.17) is 0 Å². The lowest BCUT2D eigenvalue weighted by Gasteiger charge is -2.29. The molecule has 2 atom stereocenters. The molecule has 0 saturated heterocycles. The van der Waals surface area contributed by atoms with E-state index in [1.807, 2.05) is 22.8 Å². The molecule has 0 radical (unpaired) electrons. The van der Waals surface area contributed by atoms with Crippen molar-refractivity contribution in [2.45, 2.75) is 58.7 Å². The normalized spacial score (nSPS) is 19.5. The minimum atomic E-state index is -0.859. The number of fused-ring (bicyclic) bond motifs is 1. The van der Waals surface area contributed by atoms with Crippen molar-refractivity contribution in [2.75, 3.05) is 0 Å². The fraction of sp³-hybridized carbons (Fsp3) is 0.400. The predicted octanol–water partition coefficient (Wildman–Crippen LogP) is 5.36. The highest BCUT2D eigenvalue weighted by molar-refractivity contribution is 5.98. The molecule has 2 aromatic carbocycles. The molecule has 1 aromatic heterocycles. The zero-order valence-corrected chi connectivity index (χ0v) is 17.3. The summed E-state index contributed by atoms with van der Waals surface area (Å²) >= 11 is 0. The highest BCUT2D eigenvalue weighted by Gasteiger charge is 2.25. The van der Waals surface area contributed by atoms with Crippen molar-refractivity contribution < 1.29 is 9.90 Å². The minimum absolute atomic E-state index is 0.405. The van der Waals surface area contributed by atoms with Gasteiger partial charge in [0, 0.05) is 35.6 Å². The van der Waals surface area contributed by atoms with Crippen molar-refractivity contribution in [1.29, 1.82) is 0 Å². The third kappa shape index (κ3) is 4.08. The van der Waals surface area contributed by atoms with E-state index in [0.29, 0.717) is 30.7 Å². The molecule has 4 nitrogen and oxygen atoms in total. The van der Waals surface area contributed by atoms with E-state index in [2.05, 4.69) is 49.5 Å². The van der Waals surface area contributed by atoms with E-state index in [1.54, 1.807) is 0 Å². The molecule has 1 aliphatic rings. The summed E-state index contributed by atoms with van der Waals surface area (Å²) in [6.07, 6.45) is 4.97. The van der Waals surface area contributed by atoms with Crippen LogP contribution in [0.1, 0.15) is 59.8 Å². The maximum absolute atomic E-state index is 12.3. The van der Waals surface area contributed by atoms with Gasteiger partial charge in [0.25, 0.3) is 0 Å². The van der Waals surface area contributed by atoms with E-state index in [1.165, 1.54) is 31.2 Å². The van der Waals surface area contributed by atoms with Gasteiger partial charge in [-0.25, -0.2) is 4.79 Å². The maximum atomic E-state index is 12.3. The molecule has 3 aromatic rings. The molecule has 0 aliphatic heterocycles. The summed E-state index contributed by atoms with van der Waals surface area (Å²) in [4.78, 5) is 12.3. The van der Waals surface area contributed by atoms with Crippen LogP contribution in [-0.2, 0) is 13.1 Å². The standard InChI is InChI=1S/C25H30N2O2/c1-17-11-13-19(14-12-17)16-27-23-10-6-4-8-20(23)21(24(27)25(28)29)15-26-22-9-5-3-7-18(22)2/h4,6,8,10-14,18,22,26H,3,5,7,9,15-16H2,1-2H3,(H,28,29). The Morgan fingerprint density at radius 3 is 2.55 bits per heavy atom. The molecular formula is C25H30N2O2. The number of nitrogens with zero attached hydrogens (tertiary/aromatic N) is 1. The molecule has 0 spiro atoms. The van der Waals surface area contributed by atoms with Crippen molar-refractivity contribution in [3.8, 4) is 0 Å². The van der Waals surface area contributed by atoms with Gasteiger partial charge in [-0.1, -0.05) is 67.8 Å². The highest BCUT2D eigenvalue weighted by atomic mass is 16.4. The zero-order chi connectivity index (χ0) is 20.4. The summed E-state index contributed by atoms with van der Waals surface area (Å²) in [6, 6.07) is 16.8. The van der Waals surface area contributed by atoms with Crippen LogP contribution in [-0.4, -0.2) is 21.7 Å². The van der Waals surface area contributed by atoms with Gasteiger partial charge in [0.05, 0.1) is 0 Å². The lowest BCUT2D eigenvalue weighted by molar-refractivity contribution is 0.0684. The van der Waals surface area contributed by atoms with Gasteiger partial charge in [-0.2, -0.15) is 0 Å². The van der Waals surface area contributed by atoms with Crippen molar-refractivity contribution in [3.63, 3.8) is 0 Å². The Morgan fingerprint density at radius 1 is 1.10 bits per heavy atom. The number of hydrogen-bond acceptors (Lipinski definition) is 2. The zero-order valence-electron chi connectivity index (χ0n) is 17.3. The number of carboxylic acid groups (broad SMARTS) is 1. The number of aryl methyl sites for hydroxylation is 1. The van der Waals surface area contributed by atoms with E-state index < -0.39 is 5.97 Å². The van der Waals surface area contributed by atoms with Crippen LogP contribution in [0.3, 0.4) is 0 Å². The Balaban J connectivity index is 1.72. The van der Waals surface area contributed by atoms with Crippen molar-refractivity contribution in [3.05, 3.63) is 70.9 Å². The van der Waals surface area contributed by atoms with Gasteiger partial charge < -0.3 is 15.0 Å². The second-order valence-electron chi connectivity index (χ2n) is 8.47. The predicted molar refractivity (Wildman–Crippen MR) is 117 cm³/mol. The van der Waals surface area contributed by atoms with Gasteiger partial charge in [-0.05, 0) is 37.3 Å². The van der Waals surface area contributed by atoms with Crippen LogP contribution < -0.4 is 5.32 Å². The van der Waals surface area contributed by atoms with E-state index in [-0.39, 0.29) is 0 Å². The van der Waals surface area contributed by atoms with Crippen LogP contribution in [0, 0.1) is 12.8 Å². The molecule has 4 rings (SSSR count). The lowest BCUT2D eigenvalue weighted by atomic mass is 9.86. The van der Waals surface area contributed by atoms with Crippen molar-refractivity contribution >= 4 is 16.9 Å². The Labute approximate surface area is 172 Å². The van der Waals surface area contributed by atoms with Gasteiger partial charge in [-0.3, -0.25) is 0 Å². The number of nitrogens with one attached hydrogen (secondary N) is 1. The lowest BCUT2D eigenvalue weighted by Crippen LogP contribution is -2.37. The van der Waals surface area contributed by atoms with Crippen molar-refractivity contribution in [1.82, 2.24) is 9.88 Å². The molecule has 0 amide bonds.